The van der Waals surface area contributed by atoms with E-state index < -0.39 is 0 Å². The Morgan fingerprint density at radius 3 is 2.37 bits per heavy atom. The molecule has 6 heteroatoms. The Bertz CT molecular complexity index is 841. The van der Waals surface area contributed by atoms with Gasteiger partial charge in [-0.25, -0.2) is 9.98 Å². The number of aromatic nitrogens is 2. The van der Waals surface area contributed by atoms with E-state index >= 15 is 0 Å². The van der Waals surface area contributed by atoms with Crippen molar-refractivity contribution in [3.63, 3.8) is 0 Å². The Labute approximate surface area is 167 Å². The summed E-state index contributed by atoms with van der Waals surface area (Å²) < 4.78 is 6.03. The average molecular weight is 389 g/mol. The van der Waals surface area contributed by atoms with Crippen LogP contribution in [0.25, 0.3) is 0 Å². The van der Waals surface area contributed by atoms with Crippen LogP contribution in [0.3, 0.4) is 0 Å². The molecule has 0 fully saturated rings. The van der Waals surface area contributed by atoms with Crippen LogP contribution in [0.5, 0.6) is 11.6 Å². The molecule has 146 valence electrons. The third-order valence-electron chi connectivity index (χ3n) is 4.24. The van der Waals surface area contributed by atoms with Gasteiger partial charge >= 0.3 is 0 Å². The van der Waals surface area contributed by atoms with Crippen LogP contribution in [-0.2, 0) is 5.41 Å². The Kier molecular flexibility index (Phi) is 6.47. The third-order valence-corrected chi connectivity index (χ3v) is 4.44. The summed E-state index contributed by atoms with van der Waals surface area (Å²) in [7, 11) is 2.01. The van der Waals surface area contributed by atoms with Crippen molar-refractivity contribution in [3.8, 4) is 11.6 Å². The van der Waals surface area contributed by atoms with Gasteiger partial charge in [-0.05, 0) is 51.0 Å². The standard InChI is InChI=1S/C21H29ClN4O/c1-13(2)26(8)12-23-16-9-15(4)17(10-14(16)3)27-19-11-18(22)24-20(25-19)21(5,6)7/h9-13H,1-8H3. The molecular weight excluding hydrogens is 360 g/mol. The van der Waals surface area contributed by atoms with Crippen LogP contribution < -0.4 is 4.74 Å². The van der Waals surface area contributed by atoms with Crippen molar-refractivity contribution in [1.82, 2.24) is 14.9 Å². The van der Waals surface area contributed by atoms with Gasteiger partial charge in [-0.3, -0.25) is 0 Å². The minimum atomic E-state index is -0.213. The zero-order valence-electron chi connectivity index (χ0n) is 17.5. The summed E-state index contributed by atoms with van der Waals surface area (Å²) >= 11 is 6.16. The van der Waals surface area contributed by atoms with Crippen LogP contribution >= 0.6 is 11.6 Å². The first-order valence-corrected chi connectivity index (χ1v) is 9.45. The molecule has 0 unspecified atom stereocenters. The number of aliphatic imine (C=N–C) groups is 1. The summed E-state index contributed by atoms with van der Waals surface area (Å²) in [6.45, 7) is 14.4. The van der Waals surface area contributed by atoms with Crippen molar-refractivity contribution < 1.29 is 4.74 Å². The molecule has 1 aromatic heterocycles. The lowest BCUT2D eigenvalue weighted by Gasteiger charge is -2.18. The molecule has 0 amide bonds. The summed E-state index contributed by atoms with van der Waals surface area (Å²) in [5.74, 6) is 1.83. The van der Waals surface area contributed by atoms with Gasteiger partial charge < -0.3 is 9.64 Å². The Hall–Kier alpha value is -2.14. The van der Waals surface area contributed by atoms with E-state index in [0.717, 1.165) is 22.6 Å². The monoisotopic (exact) mass is 388 g/mol. The van der Waals surface area contributed by atoms with E-state index in [2.05, 4.69) is 33.7 Å². The van der Waals surface area contributed by atoms with Crippen LogP contribution in [0.4, 0.5) is 5.69 Å². The van der Waals surface area contributed by atoms with Crippen molar-refractivity contribution in [2.24, 2.45) is 4.99 Å². The van der Waals surface area contributed by atoms with E-state index in [-0.39, 0.29) is 5.41 Å². The zero-order valence-corrected chi connectivity index (χ0v) is 18.2. The predicted molar refractivity (Wildman–Crippen MR) is 113 cm³/mol. The van der Waals surface area contributed by atoms with Crippen LogP contribution in [0.15, 0.2) is 23.2 Å². The maximum atomic E-state index is 6.16. The maximum absolute atomic E-state index is 6.16. The second-order valence-corrected chi connectivity index (χ2v) is 8.50. The number of benzene rings is 1. The normalized spacial score (nSPS) is 12.1. The highest BCUT2D eigenvalue weighted by atomic mass is 35.5. The number of aryl methyl sites for hydroxylation is 2. The third kappa shape index (κ3) is 5.67. The lowest BCUT2D eigenvalue weighted by Crippen LogP contribution is -2.24. The first-order chi connectivity index (χ1) is 12.5. The average Bonchev–Trinajstić information content (AvgIpc) is 2.54. The minimum Gasteiger partial charge on any atom is -0.439 e. The highest BCUT2D eigenvalue weighted by Crippen LogP contribution is 2.32. The summed E-state index contributed by atoms with van der Waals surface area (Å²) in [5.41, 5.74) is 2.71. The van der Waals surface area contributed by atoms with Gasteiger partial charge in [-0.15, -0.1) is 0 Å². The van der Waals surface area contributed by atoms with Crippen LogP contribution in [0.2, 0.25) is 5.15 Å². The fraction of sp³-hybridized carbons (Fsp3) is 0.476. The molecule has 0 spiro atoms. The molecule has 0 N–H and O–H groups in total. The molecule has 1 aromatic carbocycles. The van der Waals surface area contributed by atoms with Crippen molar-refractivity contribution >= 4 is 23.6 Å². The van der Waals surface area contributed by atoms with Gasteiger partial charge in [0.1, 0.15) is 16.7 Å². The highest BCUT2D eigenvalue weighted by molar-refractivity contribution is 6.29. The van der Waals surface area contributed by atoms with Gasteiger partial charge in [0.2, 0.25) is 5.88 Å². The van der Waals surface area contributed by atoms with E-state index in [1.54, 1.807) is 6.07 Å². The Morgan fingerprint density at radius 1 is 1.11 bits per heavy atom. The summed E-state index contributed by atoms with van der Waals surface area (Å²) in [6, 6.07) is 6.03. The van der Waals surface area contributed by atoms with Crippen molar-refractivity contribution in [2.45, 2.75) is 59.9 Å². The number of rotatable bonds is 5. The van der Waals surface area contributed by atoms with Gasteiger partial charge in [0.15, 0.2) is 0 Å². The summed E-state index contributed by atoms with van der Waals surface area (Å²) in [6.07, 6.45) is 1.85. The fourth-order valence-corrected chi connectivity index (χ4v) is 2.38. The molecule has 2 rings (SSSR count). The number of nitrogens with zero attached hydrogens (tertiary/aromatic N) is 4. The topological polar surface area (TPSA) is 50.6 Å². The number of ether oxygens (including phenoxy) is 1. The molecule has 0 atom stereocenters. The first-order valence-electron chi connectivity index (χ1n) is 9.07. The second-order valence-electron chi connectivity index (χ2n) is 8.11. The molecule has 0 bridgehead atoms. The fourth-order valence-electron chi connectivity index (χ4n) is 2.21. The summed E-state index contributed by atoms with van der Waals surface area (Å²) in [4.78, 5) is 15.5. The zero-order chi connectivity index (χ0) is 20.4. The van der Waals surface area contributed by atoms with Crippen LogP contribution in [0.1, 0.15) is 51.6 Å². The van der Waals surface area contributed by atoms with Crippen molar-refractivity contribution in [2.75, 3.05) is 7.05 Å². The van der Waals surface area contributed by atoms with Crippen LogP contribution in [0, 0.1) is 13.8 Å². The Morgan fingerprint density at radius 2 is 1.78 bits per heavy atom. The molecule has 0 aliphatic rings. The van der Waals surface area contributed by atoms with Crippen molar-refractivity contribution in [1.29, 1.82) is 0 Å². The molecule has 0 aliphatic heterocycles. The van der Waals surface area contributed by atoms with Gasteiger partial charge in [0.25, 0.3) is 0 Å². The second kappa shape index (κ2) is 8.26. The molecule has 2 aromatic rings. The van der Waals surface area contributed by atoms with E-state index in [9.17, 15) is 0 Å². The maximum Gasteiger partial charge on any atom is 0.224 e. The number of hydrogen-bond donors (Lipinski definition) is 0. The molecule has 0 aliphatic carbocycles. The van der Waals surface area contributed by atoms with Gasteiger partial charge in [0, 0.05) is 24.6 Å². The largest absolute Gasteiger partial charge is 0.439 e. The van der Waals surface area contributed by atoms with Gasteiger partial charge in [-0.1, -0.05) is 32.4 Å². The highest BCUT2D eigenvalue weighted by Gasteiger charge is 2.20. The quantitative estimate of drug-likeness (QED) is 0.367. The SMILES string of the molecule is Cc1cc(Oc2cc(Cl)nc(C(C)(C)C)n2)c(C)cc1N=CN(C)C(C)C. The Balaban J connectivity index is 2.31. The molecule has 5 nitrogen and oxygen atoms in total. The van der Waals surface area contributed by atoms with E-state index in [4.69, 9.17) is 16.3 Å². The molecule has 1 heterocycles. The lowest BCUT2D eigenvalue weighted by molar-refractivity contribution is 0.429. The molecule has 0 saturated carbocycles. The minimum absolute atomic E-state index is 0.213. The van der Waals surface area contributed by atoms with Gasteiger partial charge in [0.05, 0.1) is 12.0 Å². The number of hydrogen-bond acceptors (Lipinski definition) is 4. The van der Waals surface area contributed by atoms with Crippen molar-refractivity contribution in [3.05, 3.63) is 40.3 Å². The molecule has 27 heavy (non-hydrogen) atoms. The van der Waals surface area contributed by atoms with E-state index in [0.29, 0.717) is 22.9 Å². The summed E-state index contributed by atoms with van der Waals surface area (Å²) in [5, 5.41) is 0.372. The number of halogens is 1. The van der Waals surface area contributed by atoms with Crippen LogP contribution in [-0.4, -0.2) is 34.3 Å². The smallest absolute Gasteiger partial charge is 0.224 e. The molecule has 0 saturated heterocycles. The lowest BCUT2D eigenvalue weighted by atomic mass is 9.96. The molecular formula is C21H29ClN4O. The predicted octanol–water partition coefficient (Wildman–Crippen LogP) is 5.84. The van der Waals surface area contributed by atoms with E-state index in [1.807, 2.05) is 60.1 Å². The molecule has 0 radical (unpaired) electrons. The van der Waals surface area contributed by atoms with Gasteiger partial charge in [-0.2, -0.15) is 4.98 Å². The van der Waals surface area contributed by atoms with E-state index in [1.165, 1.54) is 0 Å². The first kappa shape index (κ1) is 21.2.